The van der Waals surface area contributed by atoms with Crippen molar-refractivity contribution in [1.29, 1.82) is 0 Å². The van der Waals surface area contributed by atoms with Crippen molar-refractivity contribution in [1.82, 2.24) is 19.9 Å². The average Bonchev–Trinajstić information content (AvgIpc) is 1.60. The van der Waals surface area contributed by atoms with Crippen LogP contribution in [-0.2, 0) is 38.4 Å². The van der Waals surface area contributed by atoms with E-state index >= 15 is 0 Å². The maximum absolute atomic E-state index is 14.5. The van der Waals surface area contributed by atoms with Crippen LogP contribution in [0.3, 0.4) is 0 Å². The summed E-state index contributed by atoms with van der Waals surface area (Å²) >= 11 is 0. The van der Waals surface area contributed by atoms with Crippen molar-refractivity contribution >= 4 is 267 Å². The molecule has 36 heteroatoms. The summed E-state index contributed by atoms with van der Waals surface area (Å²) in [5.74, 6) is 6.38. The minimum atomic E-state index is -0.449. The number of unbranched alkanes of at least 4 members (excludes halogenated alkanes) is 8. The van der Waals surface area contributed by atoms with Crippen molar-refractivity contribution < 1.29 is 76.3 Å². The molecule has 8 saturated heterocycles. The molecule has 0 saturated carbocycles. The Balaban J connectivity index is 0.859. The highest BCUT2D eigenvalue weighted by atomic mass is 33.1. The van der Waals surface area contributed by atoms with Crippen molar-refractivity contribution in [2.45, 2.75) is 299 Å². The Labute approximate surface area is 909 Å². The normalized spacial score (nSPS) is 20.1. The number of carbonyl (C=O) groups is 8. The number of hydrogen-bond acceptors (Lipinski definition) is 34. The second-order valence-corrected chi connectivity index (χ2v) is 60.0. The Morgan fingerprint density at radius 2 is 0.375 bits per heavy atom. The quantitative estimate of drug-likeness (QED) is 0.0155. The van der Waals surface area contributed by atoms with Gasteiger partial charge in [-0.1, -0.05) is 224 Å². The minimum absolute atomic E-state index is 0.136. The topological polar surface area (TPSA) is 268 Å². The van der Waals surface area contributed by atoms with Crippen molar-refractivity contribution in [2.24, 2.45) is 0 Å². The van der Waals surface area contributed by atoms with E-state index in [1.54, 1.807) is 72.8 Å². The summed E-state index contributed by atoms with van der Waals surface area (Å²) in [6, 6.07) is 28.2. The monoisotopic (exact) mass is 2250 g/mol. The summed E-state index contributed by atoms with van der Waals surface area (Å²) in [4.78, 5) is 135. The van der Waals surface area contributed by atoms with Gasteiger partial charge in [0.25, 0.3) is 0 Å². The summed E-state index contributed by atoms with van der Waals surface area (Å²) in [6.45, 7) is 0. The highest BCUT2D eigenvalue weighted by Crippen LogP contribution is 2.50. The number of rotatable bonds is 52. The second-order valence-electron chi connectivity index (χ2n) is 37.7. The molecule has 8 bridgehead atoms. The highest BCUT2D eigenvalue weighted by molar-refractivity contribution is 8.79. The van der Waals surface area contributed by atoms with E-state index in [1.165, 1.54) is 0 Å². The van der Waals surface area contributed by atoms with Crippen molar-refractivity contribution in [3.05, 3.63) is 120 Å². The third kappa shape index (κ3) is 34.4. The molecule has 4 aromatic carbocycles. The number of aromatic nitrogens is 4. The standard InChI is InChI=1S/C108H126N4O16S16/c113-97(25-9-1-17-81-41-49-129-137-81)121-73-57-69(58-74(65-73)122-98(114)26-10-2-18-82-42-50-130-138-82)105-89-33-35-91(109-89)106(70-59-75(123-99(115)27-11-3-19-83-43-51-131-139-83)66-76(60-70)124-100(116)28-12-4-20-84-44-52-132-140-84)93-37-39-95(111-93)108(72-63-79(127-103(119)31-15-7-23-87-47-55-135-143-87)68-80(64-72)128-104(120)32-16-8-24-88-48-56-136-144-88)96-40-38-94(112-96)107(92-36-34-90(105)110-92)71-61-77(125-101(117)29-13-5-21-85-45-53-133-141-85)67-78(62-71)126-102(118)30-14-6-22-86-46-54-134-142-86/h33-40,57-68,81-88,109,112H,1-32,41-56H2. The van der Waals surface area contributed by atoms with Gasteiger partial charge in [0.05, 0.1) is 22.8 Å². The summed E-state index contributed by atoms with van der Waals surface area (Å²) in [6.07, 6.45) is 37.4. The molecule has 10 aliphatic heterocycles. The molecule has 770 valence electrons. The predicted molar refractivity (Wildman–Crippen MR) is 621 cm³/mol. The molecule has 10 aliphatic rings. The van der Waals surface area contributed by atoms with Crippen LogP contribution in [0, 0.1) is 0 Å². The van der Waals surface area contributed by atoms with Crippen LogP contribution in [0.15, 0.2) is 97.1 Å². The van der Waals surface area contributed by atoms with Gasteiger partial charge in [0.15, 0.2) is 0 Å². The molecule has 8 unspecified atom stereocenters. The van der Waals surface area contributed by atoms with Gasteiger partial charge in [-0.05, 0) is 273 Å². The summed E-state index contributed by atoms with van der Waals surface area (Å²) in [5, 5.41) is 4.26. The van der Waals surface area contributed by atoms with E-state index in [4.69, 9.17) is 47.9 Å². The van der Waals surface area contributed by atoms with Crippen molar-refractivity contribution in [2.75, 3.05) is 46.0 Å². The number of aromatic amines is 2. The van der Waals surface area contributed by atoms with E-state index < -0.39 is 47.8 Å². The van der Waals surface area contributed by atoms with Gasteiger partial charge in [0, 0.05) is 208 Å². The molecule has 0 spiro atoms. The molecular formula is C108H126N4O16S16. The van der Waals surface area contributed by atoms with Crippen LogP contribution in [0.1, 0.15) is 280 Å². The SMILES string of the molecule is O=C(CCCCC1CCSS1)Oc1cc(OC(=O)CCCCC2CCSS2)cc(-c2c3nc(c(-c4cc(OC(=O)CCCCC5CCSS5)cc(OC(=O)CCCCC5CCSS5)c4)c4ccc([nH]4)c(-c4cc(OC(=O)CCCCC5CCSS5)cc(OC(=O)CCCCC5CCSS5)c4)c4nc(c(-c5cc(OC(=O)CCCCC6CCSS6)cc(OC(=O)CCCCC6CCSS6)c5)c5ccc2[nH]5)C=C4)C=C3)c1. The van der Waals surface area contributed by atoms with Crippen LogP contribution >= 0.6 is 173 Å². The van der Waals surface area contributed by atoms with E-state index in [-0.39, 0.29) is 97.4 Å². The predicted octanol–water partition coefficient (Wildman–Crippen LogP) is 32.3. The Kier molecular flexibility index (Phi) is 44.4. The van der Waals surface area contributed by atoms with Crippen molar-refractivity contribution in [3.8, 4) is 90.5 Å². The smallest absolute Gasteiger partial charge is 0.311 e. The van der Waals surface area contributed by atoms with E-state index in [0.717, 1.165) is 200 Å². The molecule has 13 heterocycles. The maximum Gasteiger partial charge on any atom is 0.311 e. The van der Waals surface area contributed by atoms with Crippen LogP contribution < -0.4 is 37.9 Å². The highest BCUT2D eigenvalue weighted by Gasteiger charge is 2.31. The van der Waals surface area contributed by atoms with E-state index in [1.807, 2.05) is 221 Å². The molecule has 2 N–H and O–H groups in total. The minimum Gasteiger partial charge on any atom is -0.426 e. The van der Waals surface area contributed by atoms with Gasteiger partial charge in [0.2, 0.25) is 0 Å². The number of nitrogens with zero attached hydrogens (tertiary/aromatic N) is 2. The lowest BCUT2D eigenvalue weighted by atomic mass is 10.0. The third-order valence-corrected chi connectivity index (χ3v) is 50.4. The Morgan fingerprint density at radius 1 is 0.222 bits per heavy atom. The molecule has 0 radical (unpaired) electrons. The second kappa shape index (κ2) is 58.1. The molecule has 17 rings (SSSR count). The summed E-state index contributed by atoms with van der Waals surface area (Å²) in [7, 11) is 30.5. The zero-order valence-corrected chi connectivity index (χ0v) is 94.1. The summed E-state index contributed by atoms with van der Waals surface area (Å²) < 4.78 is 51.5. The average molecular weight is 2250 g/mol. The van der Waals surface area contributed by atoms with E-state index in [9.17, 15) is 38.4 Å². The fourth-order valence-corrected chi connectivity index (χ4v) is 43.1. The first-order valence-electron chi connectivity index (χ1n) is 51.3. The number of esters is 8. The lowest BCUT2D eigenvalue weighted by Gasteiger charge is -2.13. The van der Waals surface area contributed by atoms with Crippen LogP contribution in [0.25, 0.3) is 90.9 Å². The first-order chi connectivity index (χ1) is 70.5. The number of benzene rings is 4. The molecule has 0 amide bonds. The van der Waals surface area contributed by atoms with Gasteiger partial charge in [-0.15, -0.1) is 0 Å². The molecular weight excluding hydrogens is 2120 g/mol. The Bertz CT molecular complexity index is 4900. The van der Waals surface area contributed by atoms with Crippen LogP contribution in [-0.4, -0.2) is 156 Å². The fourth-order valence-electron chi connectivity index (χ4n) is 18.9. The zero-order chi connectivity index (χ0) is 99.0. The number of nitrogens with one attached hydrogen (secondary N) is 2. The lowest BCUT2D eigenvalue weighted by molar-refractivity contribution is -0.135. The first-order valence-corrected chi connectivity index (χ1v) is 70.3. The zero-order valence-electron chi connectivity index (χ0n) is 81.1. The lowest BCUT2D eigenvalue weighted by Crippen LogP contribution is -2.10. The molecule has 20 nitrogen and oxygen atoms in total. The molecule has 144 heavy (non-hydrogen) atoms. The molecule has 7 aromatic rings. The fraction of sp³-hybridized carbons (Fsp3) is 0.519. The molecule has 8 atom stereocenters. The summed E-state index contributed by atoms with van der Waals surface area (Å²) in [5.41, 5.74) is 7.08. The first kappa shape index (κ1) is 110. The Hall–Kier alpha value is -5.16. The van der Waals surface area contributed by atoms with Crippen LogP contribution in [0.2, 0.25) is 0 Å². The third-order valence-electron chi connectivity index (χ3n) is 26.4. The molecule has 8 fully saturated rings. The van der Waals surface area contributed by atoms with Gasteiger partial charge in [-0.2, -0.15) is 0 Å². The van der Waals surface area contributed by atoms with Crippen LogP contribution in [0.4, 0.5) is 0 Å². The van der Waals surface area contributed by atoms with Gasteiger partial charge in [0.1, 0.15) is 46.0 Å². The number of ether oxygens (including phenoxy) is 8. The number of carbonyl (C=O) groups excluding carboxylic acids is 8. The Morgan fingerprint density at radius 3 is 0.514 bits per heavy atom. The van der Waals surface area contributed by atoms with Gasteiger partial charge < -0.3 is 47.9 Å². The number of hydrogen-bond donors (Lipinski definition) is 2. The van der Waals surface area contributed by atoms with Gasteiger partial charge in [-0.25, -0.2) is 9.97 Å². The van der Waals surface area contributed by atoms with Gasteiger partial charge in [-0.3, -0.25) is 38.4 Å². The number of H-pyrrole nitrogens is 2. The van der Waals surface area contributed by atoms with Gasteiger partial charge >= 0.3 is 47.8 Å². The van der Waals surface area contributed by atoms with E-state index in [2.05, 4.69) is 9.97 Å². The van der Waals surface area contributed by atoms with Crippen LogP contribution in [0.5, 0.6) is 46.0 Å². The molecule has 3 aromatic heterocycles. The van der Waals surface area contributed by atoms with E-state index in [0.29, 0.717) is 183 Å². The van der Waals surface area contributed by atoms with Crippen molar-refractivity contribution in [3.63, 3.8) is 0 Å². The largest absolute Gasteiger partial charge is 0.426 e. The maximum atomic E-state index is 14.5. The molecule has 0 aliphatic carbocycles. The number of fused-ring (bicyclic) bond motifs is 8.